The fourth-order valence-corrected chi connectivity index (χ4v) is 2.60. The normalized spacial score (nSPS) is 22.6. The molecule has 0 bridgehead atoms. The highest BCUT2D eigenvalue weighted by atomic mass is 16.2. The summed E-state index contributed by atoms with van der Waals surface area (Å²) in [6.45, 7) is 6.56. The van der Waals surface area contributed by atoms with Crippen molar-refractivity contribution in [2.24, 2.45) is 5.41 Å². The molecule has 1 aliphatic heterocycles. The molecule has 4 heteroatoms. The largest absolute Gasteiger partial charge is 0.298 e. The van der Waals surface area contributed by atoms with Crippen LogP contribution in [0.1, 0.15) is 30.1 Å². The predicted molar refractivity (Wildman–Crippen MR) is 78.0 cm³/mol. The lowest BCUT2D eigenvalue weighted by Crippen LogP contribution is -2.59. The molecule has 1 aliphatic rings. The first-order valence-electron chi connectivity index (χ1n) is 6.87. The highest BCUT2D eigenvalue weighted by Gasteiger charge is 2.43. The molecule has 1 N–H and O–H groups in total. The van der Waals surface area contributed by atoms with E-state index >= 15 is 0 Å². The topological polar surface area (TPSA) is 49.4 Å². The van der Waals surface area contributed by atoms with Gasteiger partial charge in [0.15, 0.2) is 0 Å². The molecular weight excluding hydrogens is 252 g/mol. The number of allylic oxidation sites excluding steroid dienone is 1. The van der Waals surface area contributed by atoms with E-state index in [9.17, 15) is 9.59 Å². The molecule has 1 fully saturated rings. The summed E-state index contributed by atoms with van der Waals surface area (Å²) in [6, 6.07) is 8.90. The lowest BCUT2D eigenvalue weighted by atomic mass is 9.79. The van der Waals surface area contributed by atoms with Crippen LogP contribution in [0.15, 0.2) is 43.0 Å². The summed E-state index contributed by atoms with van der Waals surface area (Å²) in [4.78, 5) is 26.5. The van der Waals surface area contributed by atoms with Crippen molar-refractivity contribution in [2.75, 3.05) is 13.2 Å². The van der Waals surface area contributed by atoms with Crippen LogP contribution in [0.5, 0.6) is 0 Å². The molecule has 0 aliphatic carbocycles. The van der Waals surface area contributed by atoms with E-state index in [0.717, 1.165) is 0 Å². The van der Waals surface area contributed by atoms with E-state index in [-0.39, 0.29) is 18.5 Å². The van der Waals surface area contributed by atoms with Gasteiger partial charge in [0.1, 0.15) is 0 Å². The molecular formula is C16H20N2O2. The molecule has 1 heterocycles. The van der Waals surface area contributed by atoms with E-state index in [1.54, 1.807) is 30.3 Å². The molecule has 0 saturated carbocycles. The lowest BCUT2D eigenvalue weighted by Gasteiger charge is -2.40. The third kappa shape index (κ3) is 2.51. The molecule has 0 unspecified atom stereocenters. The van der Waals surface area contributed by atoms with Gasteiger partial charge < -0.3 is 0 Å². The number of carbonyl (C=O) groups is 2. The summed E-state index contributed by atoms with van der Waals surface area (Å²) in [7, 11) is 0. The number of hydrogen-bond donors (Lipinski definition) is 1. The average Bonchev–Trinajstić information content (AvgIpc) is 2.50. The standard InChI is InChI=1S/C16H20N2O2/c1-3-10-16(4-2)11-17-12-18(15(16)20)14(19)13-8-6-5-7-9-13/h3,5-9,17H,1,4,10-12H2,2H3/t16-/m1/s1. The van der Waals surface area contributed by atoms with Crippen molar-refractivity contribution >= 4 is 11.8 Å². The highest BCUT2D eigenvalue weighted by Crippen LogP contribution is 2.31. The average molecular weight is 272 g/mol. The first-order chi connectivity index (χ1) is 9.64. The third-order valence-corrected chi connectivity index (χ3v) is 3.91. The van der Waals surface area contributed by atoms with Gasteiger partial charge >= 0.3 is 0 Å². The molecule has 0 radical (unpaired) electrons. The Morgan fingerprint density at radius 3 is 2.75 bits per heavy atom. The number of amides is 2. The van der Waals surface area contributed by atoms with Crippen molar-refractivity contribution in [3.8, 4) is 0 Å². The van der Waals surface area contributed by atoms with Gasteiger partial charge in [-0.1, -0.05) is 31.2 Å². The molecule has 106 valence electrons. The van der Waals surface area contributed by atoms with Gasteiger partial charge in [-0.2, -0.15) is 0 Å². The first kappa shape index (κ1) is 14.5. The van der Waals surface area contributed by atoms with Crippen molar-refractivity contribution < 1.29 is 9.59 Å². The third-order valence-electron chi connectivity index (χ3n) is 3.91. The SMILES string of the molecule is C=CC[C@]1(CC)CNCN(C(=O)c2ccccc2)C1=O. The summed E-state index contributed by atoms with van der Waals surface area (Å²) in [5.41, 5.74) is -0.0158. The number of rotatable bonds is 4. The fourth-order valence-electron chi connectivity index (χ4n) is 2.60. The Morgan fingerprint density at radius 2 is 2.15 bits per heavy atom. The van der Waals surface area contributed by atoms with Crippen molar-refractivity contribution in [1.82, 2.24) is 10.2 Å². The molecule has 1 atom stereocenters. The fraction of sp³-hybridized carbons (Fsp3) is 0.375. The van der Waals surface area contributed by atoms with Crippen LogP contribution in [0.2, 0.25) is 0 Å². The molecule has 1 saturated heterocycles. The monoisotopic (exact) mass is 272 g/mol. The van der Waals surface area contributed by atoms with Gasteiger partial charge in [0.25, 0.3) is 5.91 Å². The van der Waals surface area contributed by atoms with Crippen LogP contribution in [-0.2, 0) is 4.79 Å². The van der Waals surface area contributed by atoms with Crippen molar-refractivity contribution in [3.63, 3.8) is 0 Å². The van der Waals surface area contributed by atoms with Crippen molar-refractivity contribution in [2.45, 2.75) is 19.8 Å². The second-order valence-electron chi connectivity index (χ2n) is 5.12. The molecule has 2 amide bonds. The van der Waals surface area contributed by atoms with Crippen LogP contribution in [0.25, 0.3) is 0 Å². The second kappa shape index (κ2) is 6.01. The zero-order valence-electron chi connectivity index (χ0n) is 11.8. The molecule has 2 rings (SSSR count). The van der Waals surface area contributed by atoms with Gasteiger partial charge in [0.05, 0.1) is 12.1 Å². The van der Waals surface area contributed by atoms with E-state index in [2.05, 4.69) is 11.9 Å². The van der Waals surface area contributed by atoms with Crippen LogP contribution in [0.4, 0.5) is 0 Å². The van der Waals surface area contributed by atoms with Crippen molar-refractivity contribution in [1.29, 1.82) is 0 Å². The quantitative estimate of drug-likeness (QED) is 0.675. The van der Waals surface area contributed by atoms with Gasteiger partial charge in [-0.3, -0.25) is 19.8 Å². The molecule has 1 aromatic carbocycles. The van der Waals surface area contributed by atoms with E-state index in [0.29, 0.717) is 24.9 Å². The summed E-state index contributed by atoms with van der Waals surface area (Å²) in [5, 5.41) is 3.18. The molecule has 20 heavy (non-hydrogen) atoms. The van der Waals surface area contributed by atoms with Gasteiger partial charge in [-0.05, 0) is 25.0 Å². The van der Waals surface area contributed by atoms with Gasteiger partial charge in [0, 0.05) is 12.1 Å². The number of nitrogens with one attached hydrogen (secondary N) is 1. The smallest absolute Gasteiger partial charge is 0.261 e. The number of imide groups is 1. The first-order valence-corrected chi connectivity index (χ1v) is 6.87. The Kier molecular flexibility index (Phi) is 4.35. The summed E-state index contributed by atoms with van der Waals surface area (Å²) in [5.74, 6) is -0.350. The number of benzene rings is 1. The van der Waals surface area contributed by atoms with Crippen LogP contribution >= 0.6 is 0 Å². The lowest BCUT2D eigenvalue weighted by molar-refractivity contribution is -0.142. The van der Waals surface area contributed by atoms with E-state index in [4.69, 9.17) is 0 Å². The molecule has 4 nitrogen and oxygen atoms in total. The van der Waals surface area contributed by atoms with Gasteiger partial charge in [-0.25, -0.2) is 0 Å². The summed E-state index contributed by atoms with van der Waals surface area (Å²) < 4.78 is 0. The van der Waals surface area contributed by atoms with E-state index < -0.39 is 5.41 Å². The maximum absolute atomic E-state index is 12.7. The minimum atomic E-state index is -0.551. The zero-order chi connectivity index (χ0) is 14.6. The number of hydrogen-bond acceptors (Lipinski definition) is 3. The Bertz CT molecular complexity index is 512. The molecule has 0 spiro atoms. The van der Waals surface area contributed by atoms with E-state index in [1.165, 1.54) is 4.90 Å². The van der Waals surface area contributed by atoms with Crippen molar-refractivity contribution in [3.05, 3.63) is 48.6 Å². The summed E-state index contributed by atoms with van der Waals surface area (Å²) in [6.07, 6.45) is 3.01. The maximum Gasteiger partial charge on any atom is 0.261 e. The van der Waals surface area contributed by atoms with Gasteiger partial charge in [-0.15, -0.1) is 6.58 Å². The Hall–Kier alpha value is -1.94. The highest BCUT2D eigenvalue weighted by molar-refractivity contribution is 6.06. The number of nitrogens with zero attached hydrogens (tertiary/aromatic N) is 1. The minimum absolute atomic E-state index is 0.104. The zero-order valence-corrected chi connectivity index (χ0v) is 11.8. The van der Waals surface area contributed by atoms with Crippen LogP contribution < -0.4 is 5.32 Å². The molecule has 1 aromatic rings. The Balaban J connectivity index is 2.26. The predicted octanol–water partition coefficient (Wildman–Crippen LogP) is 2.19. The Labute approximate surface area is 119 Å². The second-order valence-corrected chi connectivity index (χ2v) is 5.12. The maximum atomic E-state index is 12.7. The minimum Gasteiger partial charge on any atom is -0.298 e. The number of carbonyl (C=O) groups excluding carboxylic acids is 2. The Morgan fingerprint density at radius 1 is 1.45 bits per heavy atom. The van der Waals surface area contributed by atoms with Crippen LogP contribution in [0, 0.1) is 5.41 Å². The van der Waals surface area contributed by atoms with Gasteiger partial charge in [0.2, 0.25) is 5.91 Å². The van der Waals surface area contributed by atoms with Crippen LogP contribution in [-0.4, -0.2) is 29.9 Å². The molecule has 0 aromatic heterocycles. The summed E-state index contributed by atoms with van der Waals surface area (Å²) >= 11 is 0. The van der Waals surface area contributed by atoms with E-state index in [1.807, 2.05) is 13.0 Å². The van der Waals surface area contributed by atoms with Crippen LogP contribution in [0.3, 0.4) is 0 Å².